The molecule has 0 spiro atoms. The first-order chi connectivity index (χ1) is 15.0. The topological polar surface area (TPSA) is 66.4 Å². The van der Waals surface area contributed by atoms with Gasteiger partial charge in [0.05, 0.1) is 6.42 Å². The van der Waals surface area contributed by atoms with E-state index in [0.717, 1.165) is 74.6 Å². The second-order valence-corrected chi connectivity index (χ2v) is 9.88. The van der Waals surface area contributed by atoms with Gasteiger partial charge in [0, 0.05) is 55.5 Å². The quantitative estimate of drug-likeness (QED) is 0.715. The predicted molar refractivity (Wildman–Crippen MR) is 121 cm³/mol. The standard InChI is InChI=1S/C25H38N4O2/c1-18-22(16-24(31)28-12-6-7-13-28)19(2)27-25(26-18)21-11-8-14-29(17-21)23(30)15-20-9-4-3-5-10-20/h20-21H,3-17H2,1-2H3. The number of likely N-dealkylation sites (tertiary alicyclic amines) is 2. The minimum Gasteiger partial charge on any atom is -0.342 e. The van der Waals surface area contributed by atoms with E-state index >= 15 is 0 Å². The molecule has 2 amide bonds. The molecule has 6 nitrogen and oxygen atoms in total. The third kappa shape index (κ3) is 5.45. The van der Waals surface area contributed by atoms with Crippen molar-refractivity contribution in [1.29, 1.82) is 0 Å². The summed E-state index contributed by atoms with van der Waals surface area (Å²) in [5.74, 6) is 2.14. The molecule has 4 rings (SSSR count). The molecule has 3 heterocycles. The van der Waals surface area contributed by atoms with Gasteiger partial charge >= 0.3 is 0 Å². The van der Waals surface area contributed by atoms with E-state index in [1.54, 1.807) is 0 Å². The van der Waals surface area contributed by atoms with Crippen molar-refractivity contribution in [3.05, 3.63) is 22.8 Å². The number of aryl methyl sites for hydroxylation is 2. The van der Waals surface area contributed by atoms with E-state index in [-0.39, 0.29) is 11.8 Å². The largest absolute Gasteiger partial charge is 0.342 e. The summed E-state index contributed by atoms with van der Waals surface area (Å²) >= 11 is 0. The third-order valence-electron chi connectivity index (χ3n) is 7.55. The molecule has 1 aromatic rings. The van der Waals surface area contributed by atoms with Gasteiger partial charge in [-0.2, -0.15) is 0 Å². The van der Waals surface area contributed by atoms with Gasteiger partial charge in [0.15, 0.2) is 0 Å². The highest BCUT2D eigenvalue weighted by Crippen LogP contribution is 2.30. The molecule has 3 aliphatic rings. The lowest BCUT2D eigenvalue weighted by molar-refractivity contribution is -0.133. The molecule has 2 aliphatic heterocycles. The maximum atomic E-state index is 12.9. The van der Waals surface area contributed by atoms with E-state index in [0.29, 0.717) is 24.7 Å². The number of carbonyl (C=O) groups excluding carboxylic acids is 2. The molecular weight excluding hydrogens is 388 g/mol. The summed E-state index contributed by atoms with van der Waals surface area (Å²) in [4.78, 5) is 39.2. The Bertz CT molecular complexity index is 774. The predicted octanol–water partition coefficient (Wildman–Crippen LogP) is 3.93. The van der Waals surface area contributed by atoms with Crippen molar-refractivity contribution in [1.82, 2.24) is 19.8 Å². The zero-order valence-electron chi connectivity index (χ0n) is 19.4. The first-order valence-corrected chi connectivity index (χ1v) is 12.4. The molecule has 2 saturated heterocycles. The van der Waals surface area contributed by atoms with Gasteiger partial charge in [-0.25, -0.2) is 9.97 Å². The van der Waals surface area contributed by atoms with Gasteiger partial charge in [-0.3, -0.25) is 9.59 Å². The molecule has 0 bridgehead atoms. The Kier molecular flexibility index (Phi) is 7.24. The van der Waals surface area contributed by atoms with Crippen molar-refractivity contribution >= 4 is 11.8 Å². The summed E-state index contributed by atoms with van der Waals surface area (Å²) in [5.41, 5.74) is 2.81. The Morgan fingerprint density at radius 2 is 1.45 bits per heavy atom. The van der Waals surface area contributed by atoms with Gasteiger partial charge in [-0.05, 0) is 58.3 Å². The summed E-state index contributed by atoms with van der Waals surface area (Å²) < 4.78 is 0. The van der Waals surface area contributed by atoms with Crippen molar-refractivity contribution in [2.45, 2.75) is 90.4 Å². The van der Waals surface area contributed by atoms with Crippen LogP contribution in [0.3, 0.4) is 0 Å². The minimum atomic E-state index is 0.192. The Morgan fingerprint density at radius 1 is 0.806 bits per heavy atom. The molecule has 1 atom stereocenters. The van der Waals surface area contributed by atoms with Gasteiger partial charge in [-0.1, -0.05) is 19.3 Å². The second kappa shape index (κ2) is 10.1. The van der Waals surface area contributed by atoms with E-state index in [1.165, 1.54) is 32.1 Å². The lowest BCUT2D eigenvalue weighted by Crippen LogP contribution is -2.40. The van der Waals surface area contributed by atoms with Crippen LogP contribution >= 0.6 is 0 Å². The van der Waals surface area contributed by atoms with Crippen LogP contribution in [0.15, 0.2) is 0 Å². The average molecular weight is 427 g/mol. The molecule has 0 aromatic carbocycles. The Balaban J connectivity index is 1.40. The van der Waals surface area contributed by atoms with E-state index in [2.05, 4.69) is 4.90 Å². The van der Waals surface area contributed by atoms with Crippen LogP contribution in [0.5, 0.6) is 0 Å². The van der Waals surface area contributed by atoms with Crippen LogP contribution in [0.25, 0.3) is 0 Å². The summed E-state index contributed by atoms with van der Waals surface area (Å²) in [7, 11) is 0. The van der Waals surface area contributed by atoms with Crippen LogP contribution in [0.2, 0.25) is 0 Å². The van der Waals surface area contributed by atoms with Gasteiger partial charge in [0.1, 0.15) is 5.82 Å². The zero-order valence-corrected chi connectivity index (χ0v) is 19.4. The lowest BCUT2D eigenvalue weighted by atomic mass is 9.86. The van der Waals surface area contributed by atoms with E-state index in [1.807, 2.05) is 18.7 Å². The number of rotatable bonds is 5. The van der Waals surface area contributed by atoms with Crippen LogP contribution in [0, 0.1) is 19.8 Å². The smallest absolute Gasteiger partial charge is 0.227 e. The Hall–Kier alpha value is -1.98. The summed E-state index contributed by atoms with van der Waals surface area (Å²) in [6.45, 7) is 7.35. The highest BCUT2D eigenvalue weighted by atomic mass is 16.2. The van der Waals surface area contributed by atoms with Crippen molar-refractivity contribution in [2.75, 3.05) is 26.2 Å². The number of nitrogens with zero attached hydrogens (tertiary/aromatic N) is 4. The van der Waals surface area contributed by atoms with Gasteiger partial charge in [0.25, 0.3) is 0 Å². The van der Waals surface area contributed by atoms with Crippen molar-refractivity contribution in [2.24, 2.45) is 5.92 Å². The Labute approximate surface area is 186 Å². The van der Waals surface area contributed by atoms with Crippen LogP contribution in [-0.2, 0) is 16.0 Å². The molecule has 1 aliphatic carbocycles. The van der Waals surface area contributed by atoms with Gasteiger partial charge in [-0.15, -0.1) is 0 Å². The van der Waals surface area contributed by atoms with E-state index in [4.69, 9.17) is 9.97 Å². The molecule has 170 valence electrons. The fraction of sp³-hybridized carbons (Fsp3) is 0.760. The van der Waals surface area contributed by atoms with Crippen LogP contribution in [-0.4, -0.2) is 57.8 Å². The molecule has 1 saturated carbocycles. The third-order valence-corrected chi connectivity index (χ3v) is 7.55. The molecule has 1 unspecified atom stereocenters. The number of hydrogen-bond acceptors (Lipinski definition) is 4. The van der Waals surface area contributed by atoms with Crippen LogP contribution in [0.1, 0.15) is 92.9 Å². The number of aromatic nitrogens is 2. The normalized spacial score (nSPS) is 22.7. The summed E-state index contributed by atoms with van der Waals surface area (Å²) in [5, 5.41) is 0. The molecule has 0 N–H and O–H groups in total. The highest BCUT2D eigenvalue weighted by molar-refractivity contribution is 5.79. The van der Waals surface area contributed by atoms with E-state index < -0.39 is 0 Å². The monoisotopic (exact) mass is 426 g/mol. The fourth-order valence-electron chi connectivity index (χ4n) is 5.62. The Morgan fingerprint density at radius 3 is 2.13 bits per heavy atom. The zero-order chi connectivity index (χ0) is 21.8. The molecular formula is C25H38N4O2. The number of piperidine rings is 1. The molecule has 6 heteroatoms. The minimum absolute atomic E-state index is 0.192. The number of amides is 2. The number of carbonyl (C=O) groups is 2. The molecule has 0 radical (unpaired) electrons. The maximum Gasteiger partial charge on any atom is 0.227 e. The van der Waals surface area contributed by atoms with Crippen LogP contribution < -0.4 is 0 Å². The fourth-order valence-corrected chi connectivity index (χ4v) is 5.62. The van der Waals surface area contributed by atoms with E-state index in [9.17, 15) is 9.59 Å². The molecule has 1 aromatic heterocycles. The van der Waals surface area contributed by atoms with Crippen LogP contribution in [0.4, 0.5) is 0 Å². The van der Waals surface area contributed by atoms with Crippen molar-refractivity contribution < 1.29 is 9.59 Å². The average Bonchev–Trinajstić information content (AvgIpc) is 3.32. The first kappa shape index (κ1) is 22.2. The summed E-state index contributed by atoms with van der Waals surface area (Å²) in [6, 6.07) is 0. The van der Waals surface area contributed by atoms with Crippen molar-refractivity contribution in [3.63, 3.8) is 0 Å². The SMILES string of the molecule is Cc1nc(C2CCCN(C(=O)CC3CCCCC3)C2)nc(C)c1CC(=O)N1CCCC1. The van der Waals surface area contributed by atoms with Crippen molar-refractivity contribution in [3.8, 4) is 0 Å². The first-order valence-electron chi connectivity index (χ1n) is 12.4. The second-order valence-electron chi connectivity index (χ2n) is 9.88. The summed E-state index contributed by atoms with van der Waals surface area (Å²) in [6.07, 6.45) is 11.7. The highest BCUT2D eigenvalue weighted by Gasteiger charge is 2.29. The number of hydrogen-bond donors (Lipinski definition) is 0. The van der Waals surface area contributed by atoms with Gasteiger partial charge < -0.3 is 9.80 Å². The van der Waals surface area contributed by atoms with Gasteiger partial charge in [0.2, 0.25) is 11.8 Å². The molecule has 31 heavy (non-hydrogen) atoms. The maximum absolute atomic E-state index is 12.9. The molecule has 3 fully saturated rings. The lowest BCUT2D eigenvalue weighted by Gasteiger charge is -2.34.